The van der Waals surface area contributed by atoms with Crippen LogP contribution < -0.4 is 10.6 Å². The van der Waals surface area contributed by atoms with E-state index in [0.717, 1.165) is 33.1 Å². The summed E-state index contributed by atoms with van der Waals surface area (Å²) in [6.07, 6.45) is 0. The minimum absolute atomic E-state index is 0.563. The van der Waals surface area contributed by atoms with Gasteiger partial charge in [-0.15, -0.1) is 5.10 Å². The molecule has 4 nitrogen and oxygen atoms in total. The lowest BCUT2D eigenvalue weighted by atomic mass is 10.1. The number of aromatic nitrogens is 2. The van der Waals surface area contributed by atoms with Crippen molar-refractivity contribution < 1.29 is 0 Å². The van der Waals surface area contributed by atoms with Crippen molar-refractivity contribution in [3.05, 3.63) is 64.0 Å². The molecule has 122 valence electrons. The average Bonchev–Trinajstić information content (AvgIpc) is 3.12. The van der Waals surface area contributed by atoms with E-state index in [0.29, 0.717) is 11.7 Å². The molecule has 0 saturated carbocycles. The number of hydrogen-bond acceptors (Lipinski definition) is 4. The van der Waals surface area contributed by atoms with Crippen LogP contribution >= 0.6 is 35.4 Å². The third-order valence-corrected chi connectivity index (χ3v) is 4.74. The molecule has 1 aromatic heterocycles. The van der Waals surface area contributed by atoms with E-state index in [9.17, 15) is 0 Å². The predicted molar refractivity (Wildman–Crippen MR) is 105 cm³/mol. The fourth-order valence-electron chi connectivity index (χ4n) is 2.18. The van der Waals surface area contributed by atoms with Gasteiger partial charge in [0.05, 0.1) is 0 Å². The summed E-state index contributed by atoms with van der Waals surface area (Å²) in [5.41, 5.74) is 4.97. The third kappa shape index (κ3) is 4.08. The SMILES string of the molecule is Cc1c(Cl)cccc1NC(=S)NCc1ccc(-c2csnn2)cc1. The molecule has 0 aliphatic carbocycles. The van der Waals surface area contributed by atoms with Crippen LogP contribution in [0.15, 0.2) is 47.8 Å². The van der Waals surface area contributed by atoms with Gasteiger partial charge < -0.3 is 10.6 Å². The highest BCUT2D eigenvalue weighted by molar-refractivity contribution is 7.80. The highest BCUT2D eigenvalue weighted by Gasteiger charge is 2.05. The fourth-order valence-corrected chi connectivity index (χ4v) is 3.00. The minimum Gasteiger partial charge on any atom is -0.358 e. The molecule has 7 heteroatoms. The van der Waals surface area contributed by atoms with E-state index in [4.69, 9.17) is 23.8 Å². The first-order chi connectivity index (χ1) is 11.6. The molecule has 1 heterocycles. The zero-order chi connectivity index (χ0) is 16.9. The van der Waals surface area contributed by atoms with Gasteiger partial charge in [-0.1, -0.05) is 46.4 Å². The summed E-state index contributed by atoms with van der Waals surface area (Å²) in [5.74, 6) is 0. The maximum Gasteiger partial charge on any atom is 0.171 e. The van der Waals surface area contributed by atoms with Gasteiger partial charge >= 0.3 is 0 Å². The van der Waals surface area contributed by atoms with Crippen LogP contribution in [-0.2, 0) is 6.54 Å². The van der Waals surface area contributed by atoms with Crippen molar-refractivity contribution in [1.82, 2.24) is 14.9 Å². The molecule has 0 amide bonds. The maximum atomic E-state index is 6.11. The molecule has 0 saturated heterocycles. The Bertz CT molecular complexity index is 832. The Morgan fingerprint density at radius 2 is 2.00 bits per heavy atom. The Balaban J connectivity index is 1.57. The Hall–Kier alpha value is -2.02. The number of halogens is 1. The number of rotatable bonds is 4. The van der Waals surface area contributed by atoms with Crippen molar-refractivity contribution in [2.24, 2.45) is 0 Å². The van der Waals surface area contributed by atoms with Crippen LogP contribution in [-0.4, -0.2) is 14.7 Å². The molecular formula is C17H15ClN4S2. The van der Waals surface area contributed by atoms with Gasteiger partial charge in [-0.05, 0) is 53.9 Å². The van der Waals surface area contributed by atoms with E-state index in [1.165, 1.54) is 11.5 Å². The Morgan fingerprint density at radius 1 is 1.21 bits per heavy atom. The first kappa shape index (κ1) is 16.8. The highest BCUT2D eigenvalue weighted by atomic mass is 35.5. The molecule has 24 heavy (non-hydrogen) atoms. The minimum atomic E-state index is 0.563. The number of nitrogens with zero attached hydrogens (tertiary/aromatic N) is 2. The van der Waals surface area contributed by atoms with Gasteiger partial charge in [-0.2, -0.15) is 0 Å². The fraction of sp³-hybridized carbons (Fsp3) is 0.118. The lowest BCUT2D eigenvalue weighted by Crippen LogP contribution is -2.28. The predicted octanol–water partition coefficient (Wildman–Crippen LogP) is 4.65. The number of nitrogens with one attached hydrogen (secondary N) is 2. The van der Waals surface area contributed by atoms with Crippen LogP contribution in [0.2, 0.25) is 5.02 Å². The Labute approximate surface area is 155 Å². The summed E-state index contributed by atoms with van der Waals surface area (Å²) >= 11 is 12.8. The van der Waals surface area contributed by atoms with Gasteiger partial charge in [0.25, 0.3) is 0 Å². The molecule has 2 N–H and O–H groups in total. The summed E-state index contributed by atoms with van der Waals surface area (Å²) in [7, 11) is 0. The summed E-state index contributed by atoms with van der Waals surface area (Å²) in [4.78, 5) is 0. The molecule has 3 aromatic rings. The Kier molecular flexibility index (Phi) is 5.40. The lowest BCUT2D eigenvalue weighted by Gasteiger charge is -2.13. The van der Waals surface area contributed by atoms with E-state index >= 15 is 0 Å². The third-order valence-electron chi connectivity index (χ3n) is 3.58. The second kappa shape index (κ2) is 7.70. The highest BCUT2D eigenvalue weighted by Crippen LogP contribution is 2.23. The Morgan fingerprint density at radius 3 is 2.71 bits per heavy atom. The van der Waals surface area contributed by atoms with Crippen LogP contribution in [0.25, 0.3) is 11.3 Å². The topological polar surface area (TPSA) is 49.8 Å². The number of hydrogen-bond donors (Lipinski definition) is 2. The molecule has 0 spiro atoms. The van der Waals surface area contributed by atoms with Crippen LogP contribution in [0.3, 0.4) is 0 Å². The lowest BCUT2D eigenvalue weighted by molar-refractivity contribution is 0.926. The second-order valence-electron chi connectivity index (χ2n) is 5.21. The molecule has 2 aromatic carbocycles. The van der Waals surface area contributed by atoms with Gasteiger partial charge in [0.15, 0.2) is 5.11 Å². The molecular weight excluding hydrogens is 360 g/mol. The van der Waals surface area contributed by atoms with Gasteiger partial charge in [0.2, 0.25) is 0 Å². The maximum absolute atomic E-state index is 6.11. The van der Waals surface area contributed by atoms with Gasteiger partial charge in [0.1, 0.15) is 5.69 Å². The van der Waals surface area contributed by atoms with Crippen LogP contribution in [0.4, 0.5) is 5.69 Å². The molecule has 0 fully saturated rings. The second-order valence-corrected chi connectivity index (χ2v) is 6.63. The summed E-state index contributed by atoms with van der Waals surface area (Å²) in [6, 6.07) is 13.9. The van der Waals surface area contributed by atoms with Crippen LogP contribution in [0.1, 0.15) is 11.1 Å². The summed E-state index contributed by atoms with van der Waals surface area (Å²) in [5, 5.41) is 13.6. The van der Waals surface area contributed by atoms with Gasteiger partial charge in [-0.3, -0.25) is 0 Å². The van der Waals surface area contributed by atoms with Gasteiger partial charge in [0, 0.05) is 28.2 Å². The van der Waals surface area contributed by atoms with Gasteiger partial charge in [-0.25, -0.2) is 0 Å². The molecule has 0 bridgehead atoms. The molecule has 0 aliphatic rings. The van der Waals surface area contributed by atoms with E-state index in [2.05, 4.69) is 32.4 Å². The normalized spacial score (nSPS) is 10.4. The first-order valence-electron chi connectivity index (χ1n) is 7.30. The molecule has 0 aliphatic heterocycles. The average molecular weight is 375 g/mol. The quantitative estimate of drug-likeness (QED) is 0.651. The summed E-state index contributed by atoms with van der Waals surface area (Å²) in [6.45, 7) is 2.60. The van der Waals surface area contributed by atoms with Crippen molar-refractivity contribution in [3.8, 4) is 11.3 Å². The van der Waals surface area contributed by atoms with Crippen molar-refractivity contribution in [2.75, 3.05) is 5.32 Å². The van der Waals surface area contributed by atoms with E-state index in [-0.39, 0.29) is 0 Å². The van der Waals surface area contributed by atoms with Crippen molar-refractivity contribution in [1.29, 1.82) is 0 Å². The molecule has 0 atom stereocenters. The zero-order valence-corrected chi connectivity index (χ0v) is 15.3. The van der Waals surface area contributed by atoms with E-state index < -0.39 is 0 Å². The molecule has 0 unspecified atom stereocenters. The molecule has 3 rings (SSSR count). The zero-order valence-electron chi connectivity index (χ0n) is 12.9. The van der Waals surface area contributed by atoms with E-state index in [1.54, 1.807) is 0 Å². The smallest absolute Gasteiger partial charge is 0.171 e. The first-order valence-corrected chi connectivity index (χ1v) is 8.92. The van der Waals surface area contributed by atoms with Crippen molar-refractivity contribution in [3.63, 3.8) is 0 Å². The van der Waals surface area contributed by atoms with E-state index in [1.807, 2.05) is 42.6 Å². The number of benzene rings is 2. The largest absolute Gasteiger partial charge is 0.358 e. The van der Waals surface area contributed by atoms with Crippen LogP contribution in [0, 0.1) is 6.92 Å². The monoisotopic (exact) mass is 374 g/mol. The van der Waals surface area contributed by atoms with Crippen molar-refractivity contribution >= 4 is 46.2 Å². The summed E-state index contributed by atoms with van der Waals surface area (Å²) < 4.78 is 3.88. The standard InChI is InChI=1S/C17H15ClN4S2/c1-11-14(18)3-2-4-15(11)20-17(23)19-9-12-5-7-13(8-6-12)16-10-24-22-21-16/h2-8,10H,9H2,1H3,(H2,19,20,23). The van der Waals surface area contributed by atoms with Crippen molar-refractivity contribution in [2.45, 2.75) is 13.5 Å². The number of thiocarbonyl (C=S) groups is 1. The van der Waals surface area contributed by atoms with Crippen LogP contribution in [0.5, 0.6) is 0 Å². The number of anilines is 1. The molecule has 0 radical (unpaired) electrons.